The van der Waals surface area contributed by atoms with Gasteiger partial charge in [-0.3, -0.25) is 0 Å². The van der Waals surface area contributed by atoms with E-state index in [9.17, 15) is 9.59 Å². The highest BCUT2D eigenvalue weighted by molar-refractivity contribution is 5.73. The largest absolute Gasteiger partial charge is 0.453 e. The predicted molar refractivity (Wildman–Crippen MR) is 71.2 cm³/mol. The molecule has 0 aromatic heterocycles. The maximum absolute atomic E-state index is 11.1. The number of carbonyl (C=O) groups is 2. The zero-order valence-corrected chi connectivity index (χ0v) is 12.3. The molecule has 0 unspecified atom stereocenters. The van der Waals surface area contributed by atoms with Gasteiger partial charge in [0.15, 0.2) is 0 Å². The van der Waals surface area contributed by atoms with Crippen molar-refractivity contribution in [2.24, 2.45) is 10.2 Å². The summed E-state index contributed by atoms with van der Waals surface area (Å²) < 4.78 is 9.65. The van der Waals surface area contributed by atoms with E-state index in [1.165, 1.54) is 12.8 Å². The van der Waals surface area contributed by atoms with Crippen LogP contribution < -0.4 is 0 Å². The Morgan fingerprint density at radius 3 is 2.11 bits per heavy atom. The van der Waals surface area contributed by atoms with Crippen molar-refractivity contribution < 1.29 is 19.1 Å². The molecule has 0 heterocycles. The van der Waals surface area contributed by atoms with Crippen LogP contribution >= 0.6 is 0 Å². The van der Waals surface area contributed by atoms with Gasteiger partial charge in [0.1, 0.15) is 5.60 Å². The number of amides is 2. The summed E-state index contributed by atoms with van der Waals surface area (Å²) in [5.74, 6) is 0. The van der Waals surface area contributed by atoms with Crippen LogP contribution in [0.2, 0.25) is 0 Å². The van der Waals surface area contributed by atoms with Crippen LogP contribution in [-0.2, 0) is 9.47 Å². The average molecular weight is 272 g/mol. The Hall–Kier alpha value is -1.46. The molecule has 0 spiro atoms. The van der Waals surface area contributed by atoms with Crippen LogP contribution in [0.15, 0.2) is 10.2 Å². The molecule has 0 saturated carbocycles. The molecule has 6 heteroatoms. The Morgan fingerprint density at radius 1 is 0.947 bits per heavy atom. The molecule has 0 fully saturated rings. The Balaban J connectivity index is 3.71. The van der Waals surface area contributed by atoms with Crippen LogP contribution in [0.3, 0.4) is 0 Å². The molecule has 0 N–H and O–H groups in total. The van der Waals surface area contributed by atoms with Gasteiger partial charge in [0.2, 0.25) is 0 Å². The summed E-state index contributed by atoms with van der Waals surface area (Å²) in [5, 5.41) is 6.26. The minimum atomic E-state index is -0.896. The van der Waals surface area contributed by atoms with Gasteiger partial charge in [-0.1, -0.05) is 42.8 Å². The molecule has 110 valence electrons. The first-order chi connectivity index (χ1) is 8.85. The molecule has 6 nitrogen and oxygen atoms in total. The molecule has 0 atom stereocenters. The van der Waals surface area contributed by atoms with Crippen LogP contribution in [-0.4, -0.2) is 24.4 Å². The number of unbranched alkanes of at least 4 members (excludes halogenated alkanes) is 4. The quantitative estimate of drug-likeness (QED) is 0.527. The van der Waals surface area contributed by atoms with E-state index in [1.54, 1.807) is 20.8 Å². The third-order valence-corrected chi connectivity index (χ3v) is 2.08. The molecular weight excluding hydrogens is 248 g/mol. The zero-order chi connectivity index (χ0) is 14.7. The minimum absolute atomic E-state index is 0.301. The number of carbonyl (C=O) groups excluding carboxylic acids is 2. The highest BCUT2D eigenvalue weighted by Crippen LogP contribution is 2.08. The number of nitrogens with zero attached hydrogens (tertiary/aromatic N) is 2. The number of ether oxygens (including phenoxy) is 2. The van der Waals surface area contributed by atoms with E-state index in [2.05, 4.69) is 17.2 Å². The zero-order valence-electron chi connectivity index (χ0n) is 12.3. The van der Waals surface area contributed by atoms with Crippen molar-refractivity contribution in [1.29, 1.82) is 0 Å². The molecule has 0 aromatic carbocycles. The first-order valence-corrected chi connectivity index (χ1v) is 6.66. The fourth-order valence-corrected chi connectivity index (χ4v) is 1.26. The van der Waals surface area contributed by atoms with Gasteiger partial charge in [-0.2, -0.15) is 0 Å². The monoisotopic (exact) mass is 272 g/mol. The van der Waals surface area contributed by atoms with Crippen LogP contribution in [0.1, 0.15) is 59.8 Å². The molecule has 2 amide bonds. The van der Waals surface area contributed by atoms with E-state index >= 15 is 0 Å². The maximum Gasteiger partial charge on any atom is 0.453 e. The second kappa shape index (κ2) is 9.47. The lowest BCUT2D eigenvalue weighted by molar-refractivity contribution is 0.0586. The van der Waals surface area contributed by atoms with E-state index in [-0.39, 0.29) is 0 Å². The van der Waals surface area contributed by atoms with E-state index < -0.39 is 17.8 Å². The Morgan fingerprint density at radius 2 is 1.53 bits per heavy atom. The first kappa shape index (κ1) is 17.5. The van der Waals surface area contributed by atoms with Gasteiger partial charge in [-0.05, 0) is 27.2 Å². The Labute approximate surface area is 114 Å². The SMILES string of the molecule is CCCCCCCOC(=O)N=NC(=O)OC(C)(C)C. The maximum atomic E-state index is 11.1. The molecule has 0 aliphatic rings. The van der Waals surface area contributed by atoms with Crippen molar-refractivity contribution in [2.45, 2.75) is 65.4 Å². The molecule has 0 saturated heterocycles. The lowest BCUT2D eigenvalue weighted by Gasteiger charge is -2.16. The third kappa shape index (κ3) is 12.8. The molecule has 0 aliphatic carbocycles. The average Bonchev–Trinajstić information content (AvgIpc) is 2.29. The molecule has 0 aliphatic heterocycles. The Bertz CT molecular complexity index is 308. The van der Waals surface area contributed by atoms with Gasteiger partial charge in [0.05, 0.1) is 6.61 Å². The minimum Gasteiger partial charge on any atom is -0.447 e. The molecule has 0 bridgehead atoms. The second-order valence-corrected chi connectivity index (χ2v) is 5.21. The van der Waals surface area contributed by atoms with Crippen molar-refractivity contribution in [3.63, 3.8) is 0 Å². The lowest BCUT2D eigenvalue weighted by atomic mass is 10.2. The van der Waals surface area contributed by atoms with E-state index in [1.807, 2.05) is 0 Å². The predicted octanol–water partition coefficient (Wildman–Crippen LogP) is 4.48. The summed E-state index contributed by atoms with van der Waals surface area (Å²) in [5.41, 5.74) is -0.653. The normalized spacial score (nSPS) is 11.6. The topological polar surface area (TPSA) is 77.3 Å². The summed E-state index contributed by atoms with van der Waals surface area (Å²) in [7, 11) is 0. The standard InChI is InChI=1S/C13H24N2O4/c1-5-6-7-8-9-10-18-11(16)14-15-12(17)19-13(2,3)4/h5-10H2,1-4H3. The molecule has 0 aromatic rings. The van der Waals surface area contributed by atoms with Crippen LogP contribution in [0.5, 0.6) is 0 Å². The van der Waals surface area contributed by atoms with Crippen molar-refractivity contribution in [1.82, 2.24) is 0 Å². The highest BCUT2D eigenvalue weighted by atomic mass is 16.6. The van der Waals surface area contributed by atoms with Crippen molar-refractivity contribution in [3.05, 3.63) is 0 Å². The molecule has 0 radical (unpaired) electrons. The summed E-state index contributed by atoms with van der Waals surface area (Å²) in [6.45, 7) is 7.55. The number of hydrogen-bond acceptors (Lipinski definition) is 4. The fourth-order valence-electron chi connectivity index (χ4n) is 1.26. The molecule has 0 rings (SSSR count). The summed E-state index contributed by atoms with van der Waals surface area (Å²) >= 11 is 0. The van der Waals surface area contributed by atoms with Crippen molar-refractivity contribution >= 4 is 12.2 Å². The summed E-state index contributed by atoms with van der Waals surface area (Å²) in [6, 6.07) is 0. The highest BCUT2D eigenvalue weighted by Gasteiger charge is 2.16. The van der Waals surface area contributed by atoms with Gasteiger partial charge in [0, 0.05) is 0 Å². The summed E-state index contributed by atoms with van der Waals surface area (Å²) in [4.78, 5) is 22.2. The van der Waals surface area contributed by atoms with Crippen LogP contribution in [0.25, 0.3) is 0 Å². The van der Waals surface area contributed by atoms with Gasteiger partial charge in [-0.15, -0.1) is 0 Å². The van der Waals surface area contributed by atoms with Gasteiger partial charge in [0.25, 0.3) is 0 Å². The number of hydrogen-bond donors (Lipinski definition) is 0. The third-order valence-electron chi connectivity index (χ3n) is 2.08. The van der Waals surface area contributed by atoms with Crippen LogP contribution in [0.4, 0.5) is 9.59 Å². The first-order valence-electron chi connectivity index (χ1n) is 6.66. The number of rotatable bonds is 6. The van der Waals surface area contributed by atoms with Gasteiger partial charge in [-0.25, -0.2) is 9.59 Å². The Kier molecular flexibility index (Phi) is 8.74. The van der Waals surface area contributed by atoms with E-state index in [0.29, 0.717) is 6.61 Å². The van der Waals surface area contributed by atoms with E-state index in [4.69, 9.17) is 9.47 Å². The molecular formula is C13H24N2O4. The van der Waals surface area contributed by atoms with Crippen molar-refractivity contribution in [3.8, 4) is 0 Å². The lowest BCUT2D eigenvalue weighted by Crippen LogP contribution is -2.21. The molecule has 19 heavy (non-hydrogen) atoms. The summed E-state index contributed by atoms with van der Waals surface area (Å²) in [6.07, 6.45) is 3.55. The van der Waals surface area contributed by atoms with Gasteiger partial charge >= 0.3 is 12.2 Å². The number of azo groups is 1. The fraction of sp³-hybridized carbons (Fsp3) is 0.846. The smallest absolute Gasteiger partial charge is 0.447 e. The van der Waals surface area contributed by atoms with Crippen LogP contribution in [0, 0.1) is 0 Å². The van der Waals surface area contributed by atoms with E-state index in [0.717, 1.165) is 19.3 Å². The van der Waals surface area contributed by atoms with Crippen molar-refractivity contribution in [2.75, 3.05) is 6.61 Å². The van der Waals surface area contributed by atoms with Gasteiger partial charge < -0.3 is 9.47 Å². The second-order valence-electron chi connectivity index (χ2n) is 5.21.